The zero-order chi connectivity index (χ0) is 22.2. The average molecular weight is 432 g/mol. The number of pyridine rings is 3. The molecule has 0 aromatic carbocycles. The van der Waals surface area contributed by atoms with E-state index in [9.17, 15) is 9.18 Å². The van der Waals surface area contributed by atoms with Crippen molar-refractivity contribution in [2.24, 2.45) is 5.92 Å². The lowest BCUT2D eigenvalue weighted by atomic mass is 9.77. The van der Waals surface area contributed by atoms with E-state index in [1.807, 2.05) is 30.9 Å². The van der Waals surface area contributed by atoms with Crippen molar-refractivity contribution in [2.75, 3.05) is 6.54 Å². The van der Waals surface area contributed by atoms with Crippen LogP contribution in [-0.4, -0.2) is 44.4 Å². The maximum atomic E-state index is 14.5. The number of ether oxygens (including phenoxy) is 1. The number of carbonyl (C=O) groups excluding carboxylic acids is 1. The SMILES string of the molecule is Cc1ccc(OC2CC3CCC2N(C(=O)c2nc(C)ccc2-c2ncccc2F)C3)nc1. The minimum Gasteiger partial charge on any atom is -0.472 e. The molecule has 1 saturated carbocycles. The van der Waals surface area contributed by atoms with Gasteiger partial charge in [0.15, 0.2) is 0 Å². The molecule has 6 nitrogen and oxygen atoms in total. The molecule has 6 rings (SSSR count). The first-order valence-corrected chi connectivity index (χ1v) is 11.0. The van der Waals surface area contributed by atoms with E-state index in [-0.39, 0.29) is 29.4 Å². The molecule has 1 aliphatic carbocycles. The van der Waals surface area contributed by atoms with Crippen LogP contribution in [0.15, 0.2) is 48.8 Å². The number of aromatic nitrogens is 3. The van der Waals surface area contributed by atoms with Crippen LogP contribution in [-0.2, 0) is 0 Å². The van der Waals surface area contributed by atoms with Crippen LogP contribution in [0.2, 0.25) is 0 Å². The highest BCUT2D eigenvalue weighted by Crippen LogP contribution is 2.38. The number of halogens is 1. The maximum absolute atomic E-state index is 14.5. The zero-order valence-electron chi connectivity index (χ0n) is 18.2. The van der Waals surface area contributed by atoms with Crippen LogP contribution in [0.5, 0.6) is 5.88 Å². The number of hydrogen-bond acceptors (Lipinski definition) is 5. The van der Waals surface area contributed by atoms with Gasteiger partial charge in [0, 0.05) is 36.3 Å². The minimum atomic E-state index is -0.473. The second-order valence-electron chi connectivity index (χ2n) is 8.72. The largest absolute Gasteiger partial charge is 0.472 e. The fraction of sp³-hybridized carbons (Fsp3) is 0.360. The summed E-state index contributed by atoms with van der Waals surface area (Å²) in [4.78, 5) is 28.7. The van der Waals surface area contributed by atoms with E-state index < -0.39 is 5.82 Å². The van der Waals surface area contributed by atoms with Crippen molar-refractivity contribution in [3.63, 3.8) is 0 Å². The third-order valence-corrected chi connectivity index (χ3v) is 6.39. The Bertz CT molecular complexity index is 1150. The van der Waals surface area contributed by atoms with Gasteiger partial charge in [-0.15, -0.1) is 0 Å². The summed E-state index contributed by atoms with van der Waals surface area (Å²) in [6, 6.07) is 10.2. The highest BCUT2D eigenvalue weighted by Gasteiger charge is 2.45. The first-order valence-electron chi connectivity index (χ1n) is 11.0. The molecule has 1 amide bonds. The summed E-state index contributed by atoms with van der Waals surface area (Å²) in [7, 11) is 0. The summed E-state index contributed by atoms with van der Waals surface area (Å²) in [6.07, 6.45) is 6.01. The third-order valence-electron chi connectivity index (χ3n) is 6.39. The Balaban J connectivity index is 1.46. The molecule has 0 radical (unpaired) electrons. The highest BCUT2D eigenvalue weighted by atomic mass is 19.1. The molecule has 7 heteroatoms. The Labute approximate surface area is 186 Å². The molecule has 0 N–H and O–H groups in total. The molecule has 2 bridgehead atoms. The quantitative estimate of drug-likeness (QED) is 0.613. The van der Waals surface area contributed by atoms with Gasteiger partial charge < -0.3 is 9.64 Å². The summed E-state index contributed by atoms with van der Waals surface area (Å²) >= 11 is 0. The monoisotopic (exact) mass is 432 g/mol. The molecule has 3 unspecified atom stereocenters. The second kappa shape index (κ2) is 8.30. The van der Waals surface area contributed by atoms with Gasteiger partial charge in [0.2, 0.25) is 5.88 Å². The Morgan fingerprint density at radius 1 is 1.12 bits per heavy atom. The number of rotatable bonds is 4. The van der Waals surface area contributed by atoms with Crippen molar-refractivity contribution in [2.45, 2.75) is 45.3 Å². The van der Waals surface area contributed by atoms with Gasteiger partial charge >= 0.3 is 0 Å². The Morgan fingerprint density at radius 2 is 2.00 bits per heavy atom. The van der Waals surface area contributed by atoms with Crippen LogP contribution in [0.1, 0.15) is 41.0 Å². The smallest absolute Gasteiger partial charge is 0.273 e. The lowest BCUT2D eigenvalue weighted by Gasteiger charge is -2.49. The van der Waals surface area contributed by atoms with Gasteiger partial charge in [-0.1, -0.05) is 6.07 Å². The molecule has 3 aromatic heterocycles. The van der Waals surface area contributed by atoms with E-state index in [0.717, 1.165) is 24.8 Å². The molecular weight excluding hydrogens is 407 g/mol. The molecule has 0 spiro atoms. The molecule has 3 atom stereocenters. The molecule has 164 valence electrons. The van der Waals surface area contributed by atoms with Crippen LogP contribution in [0.25, 0.3) is 11.3 Å². The minimum absolute atomic E-state index is 0.0701. The van der Waals surface area contributed by atoms with Crippen molar-refractivity contribution in [3.05, 3.63) is 71.6 Å². The molecule has 5 heterocycles. The number of hydrogen-bond donors (Lipinski definition) is 0. The predicted molar refractivity (Wildman–Crippen MR) is 118 cm³/mol. The fourth-order valence-electron chi connectivity index (χ4n) is 4.80. The summed E-state index contributed by atoms with van der Waals surface area (Å²) in [5, 5.41) is 0. The van der Waals surface area contributed by atoms with Crippen LogP contribution < -0.4 is 4.74 Å². The van der Waals surface area contributed by atoms with Gasteiger partial charge in [0.05, 0.1) is 6.04 Å². The van der Waals surface area contributed by atoms with Crippen LogP contribution in [0, 0.1) is 25.6 Å². The molecule has 32 heavy (non-hydrogen) atoms. The molecule has 3 fully saturated rings. The standard InChI is InChI=1S/C25H25FN4O2/c1-15-5-10-22(28-13-15)32-21-12-17-7-9-20(21)30(14-17)25(31)24-18(8-6-16(2)29-24)23-19(26)4-3-11-27-23/h3-6,8,10-11,13,17,20-21H,7,9,12,14H2,1-2H3. The normalized spacial score (nSPS) is 22.1. The number of aryl methyl sites for hydroxylation is 2. The lowest BCUT2D eigenvalue weighted by Crippen LogP contribution is -2.59. The summed E-state index contributed by atoms with van der Waals surface area (Å²) in [6.45, 7) is 4.47. The van der Waals surface area contributed by atoms with Gasteiger partial charge in [0.25, 0.3) is 5.91 Å². The van der Waals surface area contributed by atoms with E-state index in [0.29, 0.717) is 29.6 Å². The van der Waals surface area contributed by atoms with Crippen LogP contribution in [0.3, 0.4) is 0 Å². The maximum Gasteiger partial charge on any atom is 0.273 e. The van der Waals surface area contributed by atoms with Gasteiger partial charge in [-0.05, 0) is 68.9 Å². The van der Waals surface area contributed by atoms with E-state index >= 15 is 0 Å². The van der Waals surface area contributed by atoms with Gasteiger partial charge in [-0.25, -0.2) is 14.4 Å². The highest BCUT2D eigenvalue weighted by molar-refractivity contribution is 5.99. The molecule has 3 aromatic rings. The number of fused-ring (bicyclic) bond motifs is 3. The molecule has 2 saturated heterocycles. The Hall–Kier alpha value is -3.35. The van der Waals surface area contributed by atoms with Crippen molar-refractivity contribution >= 4 is 5.91 Å². The van der Waals surface area contributed by atoms with E-state index in [1.54, 1.807) is 18.3 Å². The van der Waals surface area contributed by atoms with Crippen molar-refractivity contribution < 1.29 is 13.9 Å². The van der Waals surface area contributed by atoms with Gasteiger partial charge in [-0.2, -0.15) is 0 Å². The summed E-state index contributed by atoms with van der Waals surface area (Å²) in [5.74, 6) is 0.261. The third kappa shape index (κ3) is 3.83. The summed E-state index contributed by atoms with van der Waals surface area (Å²) in [5.41, 5.74) is 2.56. The molecule has 2 aliphatic heterocycles. The van der Waals surface area contributed by atoms with Gasteiger partial charge in [-0.3, -0.25) is 9.78 Å². The molecule has 3 aliphatic rings. The summed E-state index contributed by atoms with van der Waals surface area (Å²) < 4.78 is 20.7. The average Bonchev–Trinajstić information content (AvgIpc) is 2.81. The lowest BCUT2D eigenvalue weighted by molar-refractivity contribution is -0.0315. The van der Waals surface area contributed by atoms with Crippen molar-refractivity contribution in [1.82, 2.24) is 19.9 Å². The second-order valence-corrected chi connectivity index (χ2v) is 8.72. The number of nitrogens with zero attached hydrogens (tertiary/aromatic N) is 4. The topological polar surface area (TPSA) is 68.2 Å². The first-order chi connectivity index (χ1) is 15.5. The predicted octanol–water partition coefficient (Wildman–Crippen LogP) is 4.37. The molecular formula is C25H25FN4O2. The Kier molecular flexibility index (Phi) is 5.33. The number of carbonyl (C=O) groups is 1. The Morgan fingerprint density at radius 3 is 2.75 bits per heavy atom. The first kappa shape index (κ1) is 20.5. The van der Waals surface area contributed by atoms with Crippen LogP contribution >= 0.6 is 0 Å². The van der Waals surface area contributed by atoms with Crippen molar-refractivity contribution in [3.8, 4) is 17.1 Å². The zero-order valence-corrected chi connectivity index (χ0v) is 18.2. The fourth-order valence-corrected chi connectivity index (χ4v) is 4.80. The van der Waals surface area contributed by atoms with Gasteiger partial charge in [0.1, 0.15) is 23.3 Å². The van der Waals surface area contributed by atoms with E-state index in [2.05, 4.69) is 15.0 Å². The number of amides is 1. The van der Waals surface area contributed by atoms with Crippen LogP contribution in [0.4, 0.5) is 4.39 Å². The number of piperidine rings is 2. The van der Waals surface area contributed by atoms with E-state index in [1.165, 1.54) is 18.3 Å². The van der Waals surface area contributed by atoms with E-state index in [4.69, 9.17) is 4.74 Å². The van der Waals surface area contributed by atoms with Crippen molar-refractivity contribution in [1.29, 1.82) is 0 Å².